The Kier molecular flexibility index (Phi) is 21.6. The predicted octanol–water partition coefficient (Wildman–Crippen LogP) is 2.14. The second-order valence-electron chi connectivity index (χ2n) is 1.63. The lowest BCUT2D eigenvalue weighted by molar-refractivity contribution is 0.524. The van der Waals surface area contributed by atoms with Gasteiger partial charge in [0.1, 0.15) is 0 Å². The number of unbranched alkanes of at least 4 members (excludes halogenated alkanes) is 1. The van der Waals surface area contributed by atoms with E-state index >= 15 is 0 Å². The van der Waals surface area contributed by atoms with E-state index in [0.717, 1.165) is 15.2 Å². The highest BCUT2D eigenvalue weighted by molar-refractivity contribution is 7.16. The molecule has 0 unspecified atom stereocenters. The van der Waals surface area contributed by atoms with Crippen LogP contribution in [0.5, 0.6) is 0 Å². The summed E-state index contributed by atoms with van der Waals surface area (Å²) in [6.07, 6.45) is 2.83. The van der Waals surface area contributed by atoms with Crippen molar-refractivity contribution in [2.75, 3.05) is 0 Å². The fraction of sp³-hybridized carbons (Fsp3) is 1.00. The molecule has 0 heterocycles. The van der Waals surface area contributed by atoms with Crippen LogP contribution in [0.25, 0.3) is 0 Å². The average Bonchev–Trinajstić information content (AvgIpc) is 1.86. The van der Waals surface area contributed by atoms with Gasteiger partial charge in [-0.15, -0.1) is 11.1 Å². The van der Waals surface area contributed by atoms with Crippen LogP contribution < -0.4 is 0 Å². The molecule has 0 bridgehead atoms. The van der Waals surface area contributed by atoms with Crippen LogP contribution in [0.15, 0.2) is 0 Å². The zero-order chi connectivity index (χ0) is 7.54. The van der Waals surface area contributed by atoms with Crippen LogP contribution in [0.1, 0.15) is 19.8 Å². The van der Waals surface area contributed by atoms with Crippen LogP contribution >= 0.6 is 8.69 Å². The molecule has 0 aromatic carbocycles. The van der Waals surface area contributed by atoms with Gasteiger partial charge in [0.05, 0.1) is 0 Å². The van der Waals surface area contributed by atoms with Crippen LogP contribution in [-0.2, 0) is 4.57 Å². The third kappa shape index (κ3) is 28.9. The van der Waals surface area contributed by atoms with Crippen molar-refractivity contribution in [3.63, 3.8) is 0 Å². The van der Waals surface area contributed by atoms with Crippen LogP contribution in [0.2, 0.25) is 11.1 Å². The fourth-order valence-corrected chi connectivity index (χ4v) is 1.22. The lowest BCUT2D eigenvalue weighted by atomic mass is 10.4. The van der Waals surface area contributed by atoms with Gasteiger partial charge in [0, 0.05) is 0 Å². The Morgan fingerprint density at radius 3 is 2.22 bits per heavy atom. The minimum Gasteiger partial charge on any atom is -0.310 e. The zero-order valence-corrected chi connectivity index (χ0v) is 8.05. The number of hydrogen-bond donors (Lipinski definition) is 1. The van der Waals surface area contributed by atoms with Crippen molar-refractivity contribution >= 4 is 23.9 Å². The summed E-state index contributed by atoms with van der Waals surface area (Å²) >= 11 is 0.784. The topological polar surface area (TPSA) is 37.3 Å². The maximum atomic E-state index is 8.46. The minimum absolute atomic E-state index is 0.784. The van der Waals surface area contributed by atoms with Gasteiger partial charge in [-0.3, -0.25) is 0 Å². The molecule has 0 aromatic heterocycles. The van der Waals surface area contributed by atoms with E-state index in [9.17, 15) is 0 Å². The Hall–Kier alpha value is 0.592. The van der Waals surface area contributed by atoms with Gasteiger partial charge in [0.2, 0.25) is 0 Å². The molecule has 0 amide bonds. The van der Waals surface area contributed by atoms with Crippen molar-refractivity contribution in [1.82, 2.24) is 0 Å². The summed E-state index contributed by atoms with van der Waals surface area (Å²) < 4.78 is 8.46. The number of rotatable bonds is 3. The van der Waals surface area contributed by atoms with Gasteiger partial charge in [-0.05, 0) is 0 Å². The SMILES string of the molecule is CCC[CH2][Al][CH3].O=PO. The lowest BCUT2D eigenvalue weighted by Crippen LogP contribution is -1.76. The smallest absolute Gasteiger partial charge is 0.310 e. The Bertz CT molecular complexity index is 48.2. The predicted molar refractivity (Wildman–Crippen MR) is 41.2 cm³/mol. The highest BCUT2D eigenvalue weighted by Crippen LogP contribution is 1.90. The molecular weight excluding hydrogens is 150 g/mol. The van der Waals surface area contributed by atoms with Gasteiger partial charge in [0.25, 0.3) is 0 Å². The molecule has 53 valence electrons. The Morgan fingerprint density at radius 1 is 1.67 bits per heavy atom. The monoisotopic (exact) mass is 163 g/mol. The first-order valence-electron chi connectivity index (χ1n) is 3.08. The van der Waals surface area contributed by atoms with E-state index in [1.54, 1.807) is 0 Å². The minimum atomic E-state index is -0.833. The van der Waals surface area contributed by atoms with E-state index < -0.39 is 8.69 Å². The third-order valence-electron chi connectivity index (χ3n) is 0.846. The molecule has 0 fully saturated rings. The van der Waals surface area contributed by atoms with Crippen molar-refractivity contribution in [3.05, 3.63) is 0 Å². The summed E-state index contributed by atoms with van der Waals surface area (Å²) in [5, 5.41) is 1.50. The molecule has 2 nitrogen and oxygen atoms in total. The second kappa shape index (κ2) is 15.8. The maximum absolute atomic E-state index is 8.46. The van der Waals surface area contributed by atoms with Crippen molar-refractivity contribution in [1.29, 1.82) is 0 Å². The van der Waals surface area contributed by atoms with E-state index in [2.05, 4.69) is 12.7 Å². The summed E-state index contributed by atoms with van der Waals surface area (Å²) in [6, 6.07) is 0. The van der Waals surface area contributed by atoms with Crippen LogP contribution in [0, 0.1) is 0 Å². The van der Waals surface area contributed by atoms with Crippen molar-refractivity contribution < 1.29 is 9.46 Å². The van der Waals surface area contributed by atoms with E-state index in [4.69, 9.17) is 9.46 Å². The van der Waals surface area contributed by atoms with E-state index in [1.165, 1.54) is 18.1 Å². The first kappa shape index (κ1) is 12.3. The molecule has 0 aliphatic carbocycles. The maximum Gasteiger partial charge on any atom is 0.324 e. The van der Waals surface area contributed by atoms with Gasteiger partial charge in [0.15, 0.2) is 15.2 Å². The molecule has 0 rings (SSSR count). The van der Waals surface area contributed by atoms with E-state index in [1.807, 2.05) is 0 Å². The third-order valence-corrected chi connectivity index (χ3v) is 1.83. The molecular formula is C5H13AlO2P. The standard InChI is InChI=1S/C4H9.CH3.Al.HO2P/c1-3-4-2;;;1-3-2/h1,3-4H2,2H3;1H3;;(H,1,2). The molecule has 0 saturated carbocycles. The van der Waals surface area contributed by atoms with Crippen molar-refractivity contribution in [3.8, 4) is 0 Å². The van der Waals surface area contributed by atoms with Crippen molar-refractivity contribution in [2.45, 2.75) is 30.8 Å². The normalized spacial score (nSPS) is 7.89. The molecule has 0 aromatic rings. The lowest BCUT2D eigenvalue weighted by Gasteiger charge is -1.84. The molecule has 0 atom stereocenters. The van der Waals surface area contributed by atoms with Gasteiger partial charge >= 0.3 is 8.69 Å². The first-order valence-corrected chi connectivity index (χ1v) is 5.81. The molecule has 0 spiro atoms. The quantitative estimate of drug-likeness (QED) is 0.393. The zero-order valence-electron chi connectivity index (χ0n) is 6.00. The summed E-state index contributed by atoms with van der Waals surface area (Å²) in [5.41, 5.74) is 0. The summed E-state index contributed by atoms with van der Waals surface area (Å²) in [4.78, 5) is 6.99. The summed E-state index contributed by atoms with van der Waals surface area (Å²) in [6.45, 7) is 2.25. The van der Waals surface area contributed by atoms with Crippen molar-refractivity contribution in [2.24, 2.45) is 0 Å². The summed E-state index contributed by atoms with van der Waals surface area (Å²) in [7, 11) is -0.833. The number of hydrogen-bond acceptors (Lipinski definition) is 1. The van der Waals surface area contributed by atoms with Crippen LogP contribution in [-0.4, -0.2) is 20.1 Å². The second-order valence-corrected chi connectivity index (χ2v) is 3.19. The Morgan fingerprint density at radius 2 is 2.11 bits per heavy atom. The first-order chi connectivity index (χ1) is 4.33. The molecule has 9 heavy (non-hydrogen) atoms. The average molecular weight is 163 g/mol. The molecule has 0 aliphatic rings. The van der Waals surface area contributed by atoms with Gasteiger partial charge in [-0.25, -0.2) is 4.57 Å². The molecule has 0 saturated heterocycles. The largest absolute Gasteiger partial charge is 0.324 e. The van der Waals surface area contributed by atoms with E-state index in [0.29, 0.717) is 0 Å². The molecule has 0 aliphatic heterocycles. The highest BCUT2D eigenvalue weighted by Gasteiger charge is 1.78. The Balaban J connectivity index is 0. The van der Waals surface area contributed by atoms with Gasteiger partial charge < -0.3 is 4.89 Å². The molecule has 1 radical (unpaired) electrons. The summed E-state index contributed by atoms with van der Waals surface area (Å²) in [5.74, 6) is 2.32. The highest BCUT2D eigenvalue weighted by atomic mass is 31.1. The fourth-order valence-electron chi connectivity index (χ4n) is 0.408. The molecule has 1 N–H and O–H groups in total. The van der Waals surface area contributed by atoms with Crippen LogP contribution in [0.3, 0.4) is 0 Å². The van der Waals surface area contributed by atoms with Crippen LogP contribution in [0.4, 0.5) is 0 Å². The van der Waals surface area contributed by atoms with Gasteiger partial charge in [-0.2, -0.15) is 0 Å². The van der Waals surface area contributed by atoms with E-state index in [-0.39, 0.29) is 0 Å². The Labute approximate surface area is 64.7 Å². The van der Waals surface area contributed by atoms with Gasteiger partial charge in [-0.1, -0.05) is 19.8 Å². The molecule has 4 heteroatoms.